The van der Waals surface area contributed by atoms with Gasteiger partial charge in [0.1, 0.15) is 12.3 Å². The molecule has 3 aromatic carbocycles. The van der Waals surface area contributed by atoms with E-state index in [9.17, 15) is 13.2 Å². The number of amides is 1. The van der Waals surface area contributed by atoms with Crippen LogP contribution in [0.15, 0.2) is 81.2 Å². The number of anilines is 2. The Morgan fingerprint density at radius 1 is 1.08 bits per heavy atom. The van der Waals surface area contributed by atoms with Crippen LogP contribution in [0.25, 0.3) is 0 Å². The molecule has 36 heavy (non-hydrogen) atoms. The van der Waals surface area contributed by atoms with Crippen LogP contribution >= 0.6 is 27.5 Å². The van der Waals surface area contributed by atoms with Crippen molar-refractivity contribution in [3.63, 3.8) is 0 Å². The van der Waals surface area contributed by atoms with Crippen LogP contribution in [0.1, 0.15) is 12.5 Å². The highest BCUT2D eigenvalue weighted by Crippen LogP contribution is 2.27. The fraction of sp³-hybridized carbons (Fsp3) is 0.200. The number of halogens is 2. The summed E-state index contributed by atoms with van der Waals surface area (Å²) in [5.41, 5.74) is 4.46. The van der Waals surface area contributed by atoms with Gasteiger partial charge in [-0.1, -0.05) is 17.7 Å². The number of rotatable bonds is 10. The molecule has 0 radical (unpaired) electrons. The van der Waals surface area contributed by atoms with E-state index in [1.807, 2.05) is 44.1 Å². The average Bonchev–Trinajstić information content (AvgIpc) is 2.83. The first-order chi connectivity index (χ1) is 17.1. The minimum atomic E-state index is -4.08. The number of hydrazone groups is 1. The summed E-state index contributed by atoms with van der Waals surface area (Å²) in [7, 11) is -0.211. The third kappa shape index (κ3) is 6.99. The molecule has 3 aromatic rings. The zero-order valence-electron chi connectivity index (χ0n) is 20.0. The summed E-state index contributed by atoms with van der Waals surface area (Å²) in [6.45, 7) is 1.84. The first kappa shape index (κ1) is 27.5. The Balaban J connectivity index is 1.82. The van der Waals surface area contributed by atoms with Gasteiger partial charge in [-0.25, -0.2) is 13.8 Å². The second kappa shape index (κ2) is 12.2. The summed E-state index contributed by atoms with van der Waals surface area (Å²) in [6.07, 6.45) is 1.48. The fourth-order valence-electron chi connectivity index (χ4n) is 3.23. The number of carbonyl (C=O) groups excluding carboxylic acids is 1. The van der Waals surface area contributed by atoms with Crippen molar-refractivity contribution in [2.75, 3.05) is 36.5 Å². The minimum Gasteiger partial charge on any atom is -0.494 e. The van der Waals surface area contributed by atoms with E-state index in [1.165, 1.54) is 30.5 Å². The summed E-state index contributed by atoms with van der Waals surface area (Å²) in [5.74, 6) is -0.0211. The van der Waals surface area contributed by atoms with E-state index in [-0.39, 0.29) is 4.90 Å². The molecule has 0 aliphatic rings. The van der Waals surface area contributed by atoms with Gasteiger partial charge < -0.3 is 9.64 Å². The highest BCUT2D eigenvalue weighted by atomic mass is 79.9. The normalized spacial score (nSPS) is 11.4. The van der Waals surface area contributed by atoms with E-state index in [4.69, 9.17) is 16.3 Å². The number of nitrogens with zero attached hydrogens (tertiary/aromatic N) is 3. The van der Waals surface area contributed by atoms with Gasteiger partial charge >= 0.3 is 0 Å². The van der Waals surface area contributed by atoms with Gasteiger partial charge in [-0.2, -0.15) is 5.10 Å². The number of benzene rings is 3. The molecule has 0 fully saturated rings. The van der Waals surface area contributed by atoms with Crippen molar-refractivity contribution in [3.8, 4) is 5.75 Å². The first-order valence-corrected chi connectivity index (χ1v) is 13.5. The number of nitrogens with one attached hydrogen (secondary N) is 1. The smallest absolute Gasteiger partial charge is 0.264 e. The number of sulfonamides is 1. The Kier molecular flexibility index (Phi) is 9.36. The van der Waals surface area contributed by atoms with Crippen LogP contribution in [-0.4, -0.2) is 47.8 Å². The average molecular weight is 594 g/mol. The van der Waals surface area contributed by atoms with Crippen LogP contribution in [0.2, 0.25) is 5.02 Å². The van der Waals surface area contributed by atoms with Gasteiger partial charge in [-0.3, -0.25) is 9.10 Å². The fourth-order valence-corrected chi connectivity index (χ4v) is 5.53. The molecule has 0 atom stereocenters. The summed E-state index contributed by atoms with van der Waals surface area (Å²) in [6, 6.07) is 17.8. The molecular formula is C25H26BrClN4O4S. The van der Waals surface area contributed by atoms with Gasteiger partial charge in [0.2, 0.25) is 0 Å². The lowest BCUT2D eigenvalue weighted by molar-refractivity contribution is -0.119. The first-order valence-electron chi connectivity index (χ1n) is 10.9. The van der Waals surface area contributed by atoms with E-state index in [1.54, 1.807) is 24.3 Å². The lowest BCUT2D eigenvalue weighted by Crippen LogP contribution is -2.39. The molecule has 11 heteroatoms. The molecule has 1 amide bonds. The Morgan fingerprint density at radius 2 is 1.75 bits per heavy atom. The molecule has 0 bridgehead atoms. The molecule has 1 N–H and O–H groups in total. The number of hydrogen-bond donors (Lipinski definition) is 1. The Labute approximate surface area is 224 Å². The predicted molar refractivity (Wildman–Crippen MR) is 148 cm³/mol. The third-order valence-corrected chi connectivity index (χ3v) is 7.66. The maximum atomic E-state index is 13.4. The molecule has 0 unspecified atom stereocenters. The molecule has 0 aliphatic heterocycles. The van der Waals surface area contributed by atoms with Crippen LogP contribution in [0, 0.1) is 0 Å². The van der Waals surface area contributed by atoms with Crippen molar-refractivity contribution in [2.24, 2.45) is 5.10 Å². The number of ether oxygens (including phenoxy) is 1. The Bertz CT molecular complexity index is 1330. The van der Waals surface area contributed by atoms with E-state index < -0.39 is 22.5 Å². The van der Waals surface area contributed by atoms with E-state index >= 15 is 0 Å². The van der Waals surface area contributed by atoms with Gasteiger partial charge in [-0.15, -0.1) is 0 Å². The van der Waals surface area contributed by atoms with E-state index in [0.717, 1.165) is 20.0 Å². The van der Waals surface area contributed by atoms with Crippen LogP contribution in [0.4, 0.5) is 11.4 Å². The topological polar surface area (TPSA) is 91.3 Å². The van der Waals surface area contributed by atoms with Crippen molar-refractivity contribution in [1.82, 2.24) is 5.43 Å². The number of hydrogen-bond acceptors (Lipinski definition) is 6. The van der Waals surface area contributed by atoms with Crippen molar-refractivity contribution < 1.29 is 17.9 Å². The molecule has 8 nitrogen and oxygen atoms in total. The largest absolute Gasteiger partial charge is 0.494 e. The molecule has 190 valence electrons. The van der Waals surface area contributed by atoms with Crippen molar-refractivity contribution in [3.05, 3.63) is 81.8 Å². The summed E-state index contributed by atoms with van der Waals surface area (Å²) in [4.78, 5) is 14.7. The highest BCUT2D eigenvalue weighted by Gasteiger charge is 2.27. The van der Waals surface area contributed by atoms with Crippen molar-refractivity contribution >= 4 is 61.1 Å². The minimum absolute atomic E-state index is 0.00270. The molecule has 0 aromatic heterocycles. The maximum absolute atomic E-state index is 13.4. The van der Waals surface area contributed by atoms with Crippen LogP contribution in [0.3, 0.4) is 0 Å². The molecule has 3 rings (SSSR count). The lowest BCUT2D eigenvalue weighted by atomic mass is 10.2. The molecular weight excluding hydrogens is 568 g/mol. The second-order valence-electron chi connectivity index (χ2n) is 7.79. The molecule has 0 aliphatic carbocycles. The SMILES string of the molecule is CCOc1ccc(N(CC(=O)NN=Cc2ccc(N(C)C)c(Br)c2)S(=O)(=O)c2ccc(Cl)cc2)cc1. The van der Waals surface area contributed by atoms with Crippen molar-refractivity contribution in [2.45, 2.75) is 11.8 Å². The second-order valence-corrected chi connectivity index (χ2v) is 10.9. The molecule has 0 spiro atoms. The third-order valence-electron chi connectivity index (χ3n) is 4.98. The van der Waals surface area contributed by atoms with Gasteiger partial charge in [0.05, 0.1) is 29.1 Å². The van der Waals surface area contributed by atoms with Crippen LogP contribution in [0.5, 0.6) is 5.75 Å². The molecule has 0 saturated heterocycles. The summed E-state index contributed by atoms with van der Waals surface area (Å²) in [5, 5.41) is 4.39. The zero-order chi connectivity index (χ0) is 26.3. The van der Waals surface area contributed by atoms with Gasteiger partial charge in [0, 0.05) is 23.6 Å². The number of carbonyl (C=O) groups is 1. The van der Waals surface area contributed by atoms with Gasteiger partial charge in [0.15, 0.2) is 0 Å². The van der Waals surface area contributed by atoms with Crippen LogP contribution in [-0.2, 0) is 14.8 Å². The quantitative estimate of drug-likeness (QED) is 0.266. The van der Waals surface area contributed by atoms with E-state index in [2.05, 4.69) is 26.5 Å². The summed E-state index contributed by atoms with van der Waals surface area (Å²) >= 11 is 9.43. The molecule has 0 heterocycles. The standard InChI is InChI=1S/C25H26BrClN4O4S/c1-4-35-21-10-8-20(9-11-21)31(36(33,34)22-12-6-19(27)7-13-22)17-25(32)29-28-16-18-5-14-24(30(2)3)23(26)15-18/h5-16H,4,17H2,1-3H3,(H,29,32). The maximum Gasteiger partial charge on any atom is 0.264 e. The Hall–Kier alpha value is -3.08. The summed E-state index contributed by atoms with van der Waals surface area (Å²) < 4.78 is 34.2. The Morgan fingerprint density at radius 3 is 2.33 bits per heavy atom. The highest BCUT2D eigenvalue weighted by molar-refractivity contribution is 9.10. The molecule has 0 saturated carbocycles. The zero-order valence-corrected chi connectivity index (χ0v) is 23.1. The van der Waals surface area contributed by atoms with Gasteiger partial charge in [0.25, 0.3) is 15.9 Å². The van der Waals surface area contributed by atoms with Crippen molar-refractivity contribution in [1.29, 1.82) is 0 Å². The van der Waals surface area contributed by atoms with Gasteiger partial charge in [-0.05, 0) is 89.1 Å². The lowest BCUT2D eigenvalue weighted by Gasteiger charge is -2.24. The van der Waals surface area contributed by atoms with Crippen LogP contribution < -0.4 is 19.4 Å². The monoisotopic (exact) mass is 592 g/mol. The predicted octanol–water partition coefficient (Wildman–Crippen LogP) is 4.91. The van der Waals surface area contributed by atoms with E-state index in [0.29, 0.717) is 23.1 Å².